The van der Waals surface area contributed by atoms with Gasteiger partial charge in [0.05, 0.1) is 0 Å². The first-order chi connectivity index (χ1) is 11.7. The molecule has 0 atom stereocenters. The molecule has 0 radical (unpaired) electrons. The smallest absolute Gasteiger partial charge is 0.0345 e. The van der Waals surface area contributed by atoms with Crippen LogP contribution < -0.4 is 0 Å². The number of hydrogen-bond donors (Lipinski definition) is 0. The molecule has 0 spiro atoms. The van der Waals surface area contributed by atoms with Crippen molar-refractivity contribution in [3.8, 4) is 0 Å². The lowest BCUT2D eigenvalue weighted by molar-refractivity contribution is 0.789. The molecule has 0 unspecified atom stereocenters. The average molecular weight is 352 g/mol. The summed E-state index contributed by atoms with van der Waals surface area (Å²) in [5.41, 5.74) is 5.99. The van der Waals surface area contributed by atoms with Crippen molar-refractivity contribution in [2.75, 3.05) is 7.05 Å². The van der Waals surface area contributed by atoms with E-state index in [2.05, 4.69) is 52.4 Å². The number of hydrogen-bond acceptors (Lipinski definition) is 1. The molecule has 0 rings (SSSR count). The molecular formula is C24H49N. The van der Waals surface area contributed by atoms with Gasteiger partial charge in [-0.2, -0.15) is 0 Å². The van der Waals surface area contributed by atoms with Crippen molar-refractivity contribution in [2.45, 2.75) is 95.4 Å². The van der Waals surface area contributed by atoms with E-state index in [1.165, 1.54) is 36.0 Å². The van der Waals surface area contributed by atoms with E-state index >= 15 is 0 Å². The fourth-order valence-corrected chi connectivity index (χ4v) is 1.24. The second-order valence-electron chi connectivity index (χ2n) is 5.31. The molecule has 1 heteroatoms. The summed E-state index contributed by atoms with van der Waals surface area (Å²) in [4.78, 5) is 4.11. The normalized spacial score (nSPS) is 9.84. The first kappa shape index (κ1) is 34.9. The Morgan fingerprint density at radius 3 is 1.40 bits per heavy atom. The highest BCUT2D eigenvalue weighted by Gasteiger charge is 1.99. The summed E-state index contributed by atoms with van der Waals surface area (Å²) < 4.78 is 0. The number of rotatable bonds is 5. The second-order valence-corrected chi connectivity index (χ2v) is 5.31. The van der Waals surface area contributed by atoms with Crippen molar-refractivity contribution in [1.82, 2.24) is 0 Å². The zero-order valence-electron chi connectivity index (χ0n) is 19.8. The summed E-state index contributed by atoms with van der Waals surface area (Å²) in [6.07, 6.45) is 5.54. The second kappa shape index (κ2) is 30.5. The minimum atomic E-state index is 1.09. The fourth-order valence-electron chi connectivity index (χ4n) is 1.24. The molecule has 0 saturated carbocycles. The summed E-state index contributed by atoms with van der Waals surface area (Å²) >= 11 is 0. The topological polar surface area (TPSA) is 12.4 Å². The van der Waals surface area contributed by atoms with Crippen LogP contribution in [0.15, 0.2) is 53.1 Å². The largest absolute Gasteiger partial charge is 0.293 e. The van der Waals surface area contributed by atoms with Crippen LogP contribution in [0.5, 0.6) is 0 Å². The maximum Gasteiger partial charge on any atom is 0.0345 e. The van der Waals surface area contributed by atoms with Gasteiger partial charge in [-0.05, 0) is 65.5 Å². The summed E-state index contributed by atoms with van der Waals surface area (Å²) in [5, 5.41) is 0. The average Bonchev–Trinajstić information content (AvgIpc) is 2.62. The van der Waals surface area contributed by atoms with Crippen LogP contribution in [0.4, 0.5) is 0 Å². The van der Waals surface area contributed by atoms with Crippen molar-refractivity contribution in [3.05, 3.63) is 48.1 Å². The monoisotopic (exact) mass is 351 g/mol. The maximum absolute atomic E-state index is 4.11. The number of nitrogens with zero attached hydrogens (tertiary/aromatic N) is 1. The lowest BCUT2D eigenvalue weighted by atomic mass is 10.0. The van der Waals surface area contributed by atoms with Gasteiger partial charge in [-0.25, -0.2) is 0 Å². The van der Waals surface area contributed by atoms with Gasteiger partial charge in [0.2, 0.25) is 0 Å². The van der Waals surface area contributed by atoms with Gasteiger partial charge in [-0.1, -0.05) is 64.8 Å². The molecular weight excluding hydrogens is 302 g/mol. The predicted molar refractivity (Wildman–Crippen MR) is 125 cm³/mol. The van der Waals surface area contributed by atoms with Crippen molar-refractivity contribution in [1.29, 1.82) is 0 Å². The number of aliphatic imine (C=N–C) groups is 1. The van der Waals surface area contributed by atoms with E-state index in [-0.39, 0.29) is 0 Å². The molecule has 0 aliphatic rings. The van der Waals surface area contributed by atoms with E-state index in [1.807, 2.05) is 55.5 Å². The third-order valence-electron chi connectivity index (χ3n) is 3.04. The lowest BCUT2D eigenvalue weighted by Crippen LogP contribution is -1.96. The number of allylic oxidation sites excluding steroid dienone is 5. The highest BCUT2D eigenvalue weighted by Crippen LogP contribution is 2.12. The molecule has 0 aromatic rings. The van der Waals surface area contributed by atoms with Gasteiger partial charge >= 0.3 is 0 Å². The Kier molecular flexibility index (Phi) is 42.5. The minimum absolute atomic E-state index is 1.09. The quantitative estimate of drug-likeness (QED) is 0.266. The zero-order chi connectivity index (χ0) is 21.4. The van der Waals surface area contributed by atoms with Crippen molar-refractivity contribution in [2.24, 2.45) is 4.99 Å². The molecule has 1 nitrogen and oxygen atoms in total. The van der Waals surface area contributed by atoms with Crippen molar-refractivity contribution in [3.63, 3.8) is 0 Å². The van der Waals surface area contributed by atoms with Gasteiger partial charge in [-0.3, -0.25) is 4.99 Å². The molecule has 0 N–H and O–H groups in total. The van der Waals surface area contributed by atoms with E-state index in [1.54, 1.807) is 6.08 Å². The third-order valence-corrected chi connectivity index (χ3v) is 3.04. The van der Waals surface area contributed by atoms with Crippen molar-refractivity contribution >= 4 is 5.71 Å². The lowest BCUT2D eigenvalue weighted by Gasteiger charge is -2.05. The first-order valence-electron chi connectivity index (χ1n) is 9.67. The SMILES string of the molecule is C=C(C)/C(C)=C(/C)C(C)=NC.C=C(C)CCCC.C=CC.CC.CC. The van der Waals surface area contributed by atoms with Gasteiger partial charge in [0, 0.05) is 12.8 Å². The van der Waals surface area contributed by atoms with Crippen molar-refractivity contribution < 1.29 is 0 Å². The van der Waals surface area contributed by atoms with Crippen LogP contribution >= 0.6 is 0 Å². The third kappa shape index (κ3) is 34.8. The maximum atomic E-state index is 4.11. The fraction of sp³-hybridized carbons (Fsp3) is 0.625. The molecule has 0 aliphatic carbocycles. The Morgan fingerprint density at radius 2 is 1.24 bits per heavy atom. The molecule has 0 fully saturated rings. The number of unbranched alkanes of at least 4 members (excludes halogenated alkanes) is 1. The van der Waals surface area contributed by atoms with Crippen LogP contribution in [0, 0.1) is 0 Å². The molecule has 0 amide bonds. The van der Waals surface area contributed by atoms with E-state index < -0.39 is 0 Å². The van der Waals surface area contributed by atoms with Gasteiger partial charge < -0.3 is 0 Å². The van der Waals surface area contributed by atoms with Crippen LogP contribution in [0.25, 0.3) is 0 Å². The van der Waals surface area contributed by atoms with E-state index in [0.717, 1.165) is 11.3 Å². The Balaban J connectivity index is -0.0000000817. The molecule has 25 heavy (non-hydrogen) atoms. The summed E-state index contributed by atoms with van der Waals surface area (Å²) in [7, 11) is 1.81. The Morgan fingerprint density at radius 1 is 0.880 bits per heavy atom. The van der Waals surface area contributed by atoms with Crippen LogP contribution in [-0.4, -0.2) is 12.8 Å². The Labute approximate surface area is 161 Å². The minimum Gasteiger partial charge on any atom is -0.293 e. The summed E-state index contributed by atoms with van der Waals surface area (Å²) in [5.74, 6) is 0. The van der Waals surface area contributed by atoms with Gasteiger partial charge in [0.15, 0.2) is 0 Å². The highest BCUT2D eigenvalue weighted by molar-refractivity contribution is 5.98. The molecule has 0 bridgehead atoms. The van der Waals surface area contributed by atoms with E-state index in [0.29, 0.717) is 0 Å². The van der Waals surface area contributed by atoms with Crippen LogP contribution in [0.2, 0.25) is 0 Å². The predicted octanol–water partition coefficient (Wildman–Crippen LogP) is 8.99. The van der Waals surface area contributed by atoms with Crippen LogP contribution in [0.1, 0.15) is 95.4 Å². The Hall–Kier alpha value is -1.37. The molecule has 0 aliphatic heterocycles. The van der Waals surface area contributed by atoms with Gasteiger partial charge in [-0.15, -0.1) is 13.2 Å². The highest BCUT2D eigenvalue weighted by atomic mass is 14.7. The van der Waals surface area contributed by atoms with Crippen LogP contribution in [0.3, 0.4) is 0 Å². The Bertz CT molecular complexity index is 368. The summed E-state index contributed by atoms with van der Waals surface area (Å²) in [6, 6.07) is 0. The molecule has 0 aromatic carbocycles. The molecule has 0 heterocycles. The van der Waals surface area contributed by atoms with E-state index in [9.17, 15) is 0 Å². The first-order valence-corrected chi connectivity index (χ1v) is 9.67. The van der Waals surface area contributed by atoms with Gasteiger partial charge in [0.1, 0.15) is 0 Å². The molecule has 0 aromatic heterocycles. The standard InChI is InChI=1S/C10H17N.C7H14.C3H6.2C2H6/c1-7(2)8(3)9(4)10(5)11-6;1-4-5-6-7(2)3;1-3-2;2*1-2/h1H2,2-6H3;2,4-6H2,1,3H3;3H,1H2,2H3;2*1-2H3/b9-8-,11-10?;;;;. The van der Waals surface area contributed by atoms with Gasteiger partial charge in [0.25, 0.3) is 0 Å². The molecule has 150 valence electrons. The van der Waals surface area contributed by atoms with E-state index in [4.69, 9.17) is 0 Å². The zero-order valence-corrected chi connectivity index (χ0v) is 19.8. The van der Waals surface area contributed by atoms with Crippen LogP contribution in [-0.2, 0) is 0 Å². The summed E-state index contributed by atoms with van der Waals surface area (Å²) in [6.45, 7) is 33.4. The molecule has 0 saturated heterocycles.